The maximum atomic E-state index is 12.8. The largest absolute Gasteiger partial charge is 0.308 e. The molecule has 90 valence electrons. The van der Waals surface area contributed by atoms with E-state index in [0.29, 0.717) is 17.3 Å². The van der Waals surface area contributed by atoms with E-state index in [1.54, 1.807) is 0 Å². The Labute approximate surface area is 105 Å². The Balaban J connectivity index is 2.19. The fourth-order valence-electron chi connectivity index (χ4n) is 1.59. The van der Waals surface area contributed by atoms with Crippen LogP contribution in [0.1, 0.15) is 0 Å². The van der Waals surface area contributed by atoms with E-state index >= 15 is 0 Å². The predicted molar refractivity (Wildman–Crippen MR) is 68.4 cm³/mol. The number of aromatic nitrogens is 3. The third-order valence-electron chi connectivity index (χ3n) is 2.42. The molecule has 0 amide bonds. The first-order valence-electron chi connectivity index (χ1n) is 5.12. The van der Waals surface area contributed by atoms with E-state index in [4.69, 9.17) is 5.84 Å². The summed E-state index contributed by atoms with van der Waals surface area (Å²) in [5, 5.41) is 2.76. The van der Waals surface area contributed by atoms with E-state index < -0.39 is 5.82 Å². The Morgan fingerprint density at radius 2 is 2.11 bits per heavy atom. The first kappa shape index (κ1) is 11.0. The summed E-state index contributed by atoms with van der Waals surface area (Å²) in [6.07, 6.45) is 1.13. The molecule has 3 N–H and O–H groups in total. The molecule has 0 atom stereocenters. The highest BCUT2D eigenvalue weighted by Gasteiger charge is 2.10. The molecule has 0 spiro atoms. The molecule has 0 unspecified atom stereocenters. The zero-order valence-electron chi connectivity index (χ0n) is 9.09. The summed E-state index contributed by atoms with van der Waals surface area (Å²) in [5.41, 5.74) is 3.03. The Bertz CT molecular complexity index is 694. The van der Waals surface area contributed by atoms with Crippen LogP contribution in [0.3, 0.4) is 0 Å². The Kier molecular flexibility index (Phi) is 2.62. The number of nitrogens with two attached hydrogens (primary N) is 1. The van der Waals surface area contributed by atoms with Crippen molar-refractivity contribution in [2.45, 2.75) is 0 Å². The number of hydrazine groups is 1. The van der Waals surface area contributed by atoms with Crippen molar-refractivity contribution in [3.8, 4) is 11.5 Å². The lowest BCUT2D eigenvalue weighted by atomic mass is 10.3. The Morgan fingerprint density at radius 3 is 2.83 bits per heavy atom. The summed E-state index contributed by atoms with van der Waals surface area (Å²) in [6.45, 7) is 0. The number of halogens is 1. The Morgan fingerprint density at radius 1 is 1.22 bits per heavy atom. The van der Waals surface area contributed by atoms with Crippen LogP contribution in [-0.4, -0.2) is 15.0 Å². The number of hydrogen-bond donors (Lipinski definition) is 2. The van der Waals surface area contributed by atoms with E-state index in [1.165, 1.54) is 23.5 Å². The average molecular weight is 261 g/mol. The Hall–Kier alpha value is -2.12. The van der Waals surface area contributed by atoms with Gasteiger partial charge in [-0.2, -0.15) is 0 Å². The number of pyridine rings is 1. The van der Waals surface area contributed by atoms with Gasteiger partial charge in [-0.1, -0.05) is 0 Å². The van der Waals surface area contributed by atoms with E-state index in [1.807, 2.05) is 11.4 Å². The number of hydrogen-bond acceptors (Lipinski definition) is 6. The first-order chi connectivity index (χ1) is 8.78. The number of fused-ring (bicyclic) bond motifs is 1. The molecule has 3 rings (SSSR count). The van der Waals surface area contributed by atoms with Crippen molar-refractivity contribution in [2.24, 2.45) is 5.84 Å². The molecule has 3 aromatic rings. The zero-order chi connectivity index (χ0) is 12.5. The molecule has 0 aromatic carbocycles. The number of nitrogens with one attached hydrogen (secondary N) is 1. The molecule has 18 heavy (non-hydrogen) atoms. The van der Waals surface area contributed by atoms with Crippen molar-refractivity contribution in [3.05, 3.63) is 35.6 Å². The van der Waals surface area contributed by atoms with E-state index in [9.17, 15) is 4.39 Å². The minimum absolute atomic E-state index is 0.395. The third kappa shape index (κ3) is 1.79. The van der Waals surface area contributed by atoms with Crippen LogP contribution in [0.2, 0.25) is 0 Å². The molecule has 0 aliphatic rings. The molecule has 0 saturated carbocycles. The average Bonchev–Trinajstić information content (AvgIpc) is 2.86. The third-order valence-corrected chi connectivity index (χ3v) is 3.22. The smallest absolute Gasteiger partial charge is 0.181 e. The highest BCUT2D eigenvalue weighted by Crippen LogP contribution is 2.27. The second-order valence-corrected chi connectivity index (χ2v) is 4.44. The summed E-state index contributed by atoms with van der Waals surface area (Å²) in [4.78, 5) is 13.4. The van der Waals surface area contributed by atoms with Crippen molar-refractivity contribution >= 4 is 27.4 Å². The van der Waals surface area contributed by atoms with Gasteiger partial charge in [0.2, 0.25) is 0 Å². The minimum Gasteiger partial charge on any atom is -0.308 e. The number of nitrogens with zero attached hydrogens (tertiary/aromatic N) is 3. The van der Waals surface area contributed by atoms with Crippen LogP contribution in [0.15, 0.2) is 29.8 Å². The van der Waals surface area contributed by atoms with E-state index in [-0.39, 0.29) is 0 Å². The van der Waals surface area contributed by atoms with Gasteiger partial charge in [0.05, 0.1) is 11.6 Å². The molecular formula is C11H8FN5S. The molecular weight excluding hydrogens is 253 g/mol. The van der Waals surface area contributed by atoms with Crippen LogP contribution < -0.4 is 11.3 Å². The van der Waals surface area contributed by atoms with Crippen molar-refractivity contribution in [1.82, 2.24) is 15.0 Å². The van der Waals surface area contributed by atoms with Gasteiger partial charge in [0, 0.05) is 0 Å². The summed E-state index contributed by atoms with van der Waals surface area (Å²) >= 11 is 1.48. The van der Waals surface area contributed by atoms with Gasteiger partial charge in [0.25, 0.3) is 0 Å². The van der Waals surface area contributed by atoms with Gasteiger partial charge in [0.15, 0.2) is 11.6 Å². The molecule has 3 aromatic heterocycles. The topological polar surface area (TPSA) is 76.7 Å². The monoisotopic (exact) mass is 261 g/mol. The lowest BCUT2D eigenvalue weighted by molar-refractivity contribution is 0.621. The fourth-order valence-corrected chi connectivity index (χ4v) is 2.35. The summed E-state index contributed by atoms with van der Waals surface area (Å²) in [5.74, 6) is 5.98. The predicted octanol–water partition coefficient (Wildman–Crippen LogP) is 2.18. The van der Waals surface area contributed by atoms with Crippen LogP contribution in [0.25, 0.3) is 21.7 Å². The van der Waals surface area contributed by atoms with Crippen molar-refractivity contribution in [1.29, 1.82) is 0 Å². The van der Waals surface area contributed by atoms with Gasteiger partial charge < -0.3 is 5.43 Å². The molecule has 5 nitrogen and oxygen atoms in total. The number of anilines is 1. The summed E-state index contributed by atoms with van der Waals surface area (Å²) in [6, 6.07) is 4.74. The van der Waals surface area contributed by atoms with Gasteiger partial charge in [-0.3, -0.25) is 0 Å². The van der Waals surface area contributed by atoms with Gasteiger partial charge in [-0.15, -0.1) is 11.3 Å². The number of nitrogen functional groups attached to an aromatic ring is 1. The van der Waals surface area contributed by atoms with E-state index in [2.05, 4.69) is 20.4 Å². The van der Waals surface area contributed by atoms with Gasteiger partial charge in [-0.05, 0) is 23.6 Å². The minimum atomic E-state index is -0.395. The molecule has 0 aliphatic carbocycles. The number of rotatable bonds is 2. The molecule has 0 aliphatic heterocycles. The van der Waals surface area contributed by atoms with Crippen LogP contribution in [0.4, 0.5) is 10.2 Å². The van der Waals surface area contributed by atoms with Crippen molar-refractivity contribution in [3.63, 3.8) is 0 Å². The van der Waals surface area contributed by atoms with Crippen LogP contribution in [-0.2, 0) is 0 Å². The van der Waals surface area contributed by atoms with Crippen molar-refractivity contribution < 1.29 is 4.39 Å². The molecule has 3 heterocycles. The van der Waals surface area contributed by atoms with E-state index in [0.717, 1.165) is 16.4 Å². The standard InChI is InChI=1S/C11H8FN5S/c12-6-1-2-8(14-5-6)10-15-9(17-13)7-3-4-18-11(7)16-10/h1-5H,13H2,(H,15,16,17). The summed E-state index contributed by atoms with van der Waals surface area (Å²) in [7, 11) is 0. The lowest BCUT2D eigenvalue weighted by Crippen LogP contribution is -2.09. The maximum absolute atomic E-state index is 12.8. The molecule has 7 heteroatoms. The first-order valence-corrected chi connectivity index (χ1v) is 5.99. The quantitative estimate of drug-likeness (QED) is 0.546. The van der Waals surface area contributed by atoms with Gasteiger partial charge in [-0.25, -0.2) is 25.2 Å². The molecule has 0 fully saturated rings. The highest BCUT2D eigenvalue weighted by atomic mass is 32.1. The second-order valence-electron chi connectivity index (χ2n) is 3.54. The normalized spacial score (nSPS) is 10.8. The highest BCUT2D eigenvalue weighted by molar-refractivity contribution is 7.16. The van der Waals surface area contributed by atoms with Gasteiger partial charge >= 0.3 is 0 Å². The maximum Gasteiger partial charge on any atom is 0.181 e. The van der Waals surface area contributed by atoms with Crippen LogP contribution >= 0.6 is 11.3 Å². The van der Waals surface area contributed by atoms with Gasteiger partial charge in [0.1, 0.15) is 16.3 Å². The van der Waals surface area contributed by atoms with Crippen molar-refractivity contribution in [2.75, 3.05) is 5.43 Å². The second kappa shape index (κ2) is 4.28. The molecule has 0 radical (unpaired) electrons. The van der Waals surface area contributed by atoms with Crippen LogP contribution in [0, 0.1) is 5.82 Å². The fraction of sp³-hybridized carbons (Fsp3) is 0. The zero-order valence-corrected chi connectivity index (χ0v) is 9.91. The van der Waals surface area contributed by atoms with Crippen LogP contribution in [0.5, 0.6) is 0 Å². The lowest BCUT2D eigenvalue weighted by Gasteiger charge is -2.04. The number of thiophene rings is 1. The summed E-state index contributed by atoms with van der Waals surface area (Å²) < 4.78 is 12.8. The molecule has 0 bridgehead atoms. The SMILES string of the molecule is NNc1nc(-c2ccc(F)cn2)nc2sccc12. The molecule has 0 saturated heterocycles.